The van der Waals surface area contributed by atoms with Gasteiger partial charge in [-0.3, -0.25) is 9.69 Å². The molecule has 1 heterocycles. The van der Waals surface area contributed by atoms with Gasteiger partial charge in [0, 0.05) is 35.1 Å². The van der Waals surface area contributed by atoms with Crippen LogP contribution in [-0.2, 0) is 4.79 Å². The number of benzene rings is 1. The standard InChI is InChI=1S/C13H15Br2N3O3/c14-9-1-2-10(15)11(7-9)16-13(21)18-5-3-17(4-6-18)8-12(19)20/h1-2,7H,3-6,8H2,(H,16,21)(H,19,20). The normalized spacial score (nSPS) is 15.8. The highest BCUT2D eigenvalue weighted by Crippen LogP contribution is 2.26. The number of hydrogen-bond donors (Lipinski definition) is 2. The molecule has 8 heteroatoms. The van der Waals surface area contributed by atoms with Crippen LogP contribution in [0.25, 0.3) is 0 Å². The quantitative estimate of drug-likeness (QED) is 0.787. The maximum absolute atomic E-state index is 12.2. The van der Waals surface area contributed by atoms with Gasteiger partial charge < -0.3 is 15.3 Å². The van der Waals surface area contributed by atoms with Gasteiger partial charge in [-0.25, -0.2) is 4.79 Å². The number of carboxylic acid groups (broad SMARTS) is 1. The molecule has 0 bridgehead atoms. The molecule has 1 aromatic rings. The molecule has 2 rings (SSSR count). The second-order valence-corrected chi connectivity index (χ2v) is 6.48. The summed E-state index contributed by atoms with van der Waals surface area (Å²) in [7, 11) is 0. The summed E-state index contributed by atoms with van der Waals surface area (Å²) in [5.41, 5.74) is 0.697. The van der Waals surface area contributed by atoms with Gasteiger partial charge in [-0.05, 0) is 34.1 Å². The fourth-order valence-corrected chi connectivity index (χ4v) is 2.79. The van der Waals surface area contributed by atoms with Crippen molar-refractivity contribution in [1.82, 2.24) is 9.80 Å². The van der Waals surface area contributed by atoms with Crippen molar-refractivity contribution >= 4 is 49.5 Å². The predicted molar refractivity (Wildman–Crippen MR) is 86.5 cm³/mol. The highest BCUT2D eigenvalue weighted by atomic mass is 79.9. The van der Waals surface area contributed by atoms with Gasteiger partial charge in [0.25, 0.3) is 0 Å². The van der Waals surface area contributed by atoms with E-state index >= 15 is 0 Å². The Morgan fingerprint density at radius 3 is 2.48 bits per heavy atom. The van der Waals surface area contributed by atoms with Crippen LogP contribution in [0.5, 0.6) is 0 Å². The summed E-state index contributed by atoms with van der Waals surface area (Å²) in [4.78, 5) is 26.4. The number of halogens is 2. The number of amides is 2. The van der Waals surface area contributed by atoms with Gasteiger partial charge >= 0.3 is 12.0 Å². The Morgan fingerprint density at radius 1 is 1.19 bits per heavy atom. The summed E-state index contributed by atoms with van der Waals surface area (Å²) in [6.45, 7) is 2.20. The van der Waals surface area contributed by atoms with Gasteiger partial charge in [0.15, 0.2) is 0 Å². The Kier molecular flexibility index (Phi) is 5.60. The average molecular weight is 421 g/mol. The van der Waals surface area contributed by atoms with Gasteiger partial charge in [0.2, 0.25) is 0 Å². The molecule has 0 aromatic heterocycles. The minimum Gasteiger partial charge on any atom is -0.480 e. The molecule has 6 nitrogen and oxygen atoms in total. The van der Waals surface area contributed by atoms with Gasteiger partial charge in [-0.15, -0.1) is 0 Å². The maximum Gasteiger partial charge on any atom is 0.321 e. The van der Waals surface area contributed by atoms with Crippen molar-refractivity contribution in [1.29, 1.82) is 0 Å². The van der Waals surface area contributed by atoms with E-state index in [1.807, 2.05) is 23.1 Å². The third kappa shape index (κ3) is 4.69. The van der Waals surface area contributed by atoms with Crippen molar-refractivity contribution in [2.45, 2.75) is 0 Å². The van der Waals surface area contributed by atoms with E-state index in [2.05, 4.69) is 37.2 Å². The molecule has 0 spiro atoms. The largest absolute Gasteiger partial charge is 0.480 e. The average Bonchev–Trinajstić information content (AvgIpc) is 2.43. The molecule has 1 aromatic carbocycles. The van der Waals surface area contributed by atoms with Crippen LogP contribution < -0.4 is 5.32 Å². The van der Waals surface area contributed by atoms with Crippen LogP contribution in [0.3, 0.4) is 0 Å². The van der Waals surface area contributed by atoms with Crippen LogP contribution in [0.4, 0.5) is 10.5 Å². The lowest BCUT2D eigenvalue weighted by atomic mass is 10.3. The molecule has 0 atom stereocenters. The monoisotopic (exact) mass is 419 g/mol. The summed E-state index contributed by atoms with van der Waals surface area (Å²) in [6, 6.07) is 5.38. The van der Waals surface area contributed by atoms with E-state index in [4.69, 9.17) is 5.11 Å². The van der Waals surface area contributed by atoms with Crippen molar-refractivity contribution in [2.24, 2.45) is 0 Å². The van der Waals surface area contributed by atoms with Crippen LogP contribution in [0.15, 0.2) is 27.1 Å². The first-order chi connectivity index (χ1) is 9.95. The van der Waals surface area contributed by atoms with Crippen LogP contribution in [-0.4, -0.2) is 59.6 Å². The van der Waals surface area contributed by atoms with E-state index in [1.165, 1.54) is 0 Å². The first-order valence-electron chi connectivity index (χ1n) is 6.41. The minimum absolute atomic E-state index is 0.0205. The first kappa shape index (κ1) is 16.3. The summed E-state index contributed by atoms with van der Waals surface area (Å²) in [5, 5.41) is 11.6. The molecule has 1 saturated heterocycles. The van der Waals surface area contributed by atoms with Gasteiger partial charge in [0.1, 0.15) is 0 Å². The lowest BCUT2D eigenvalue weighted by Gasteiger charge is -2.33. The van der Waals surface area contributed by atoms with E-state index in [0.717, 1.165) is 8.95 Å². The Labute approximate surface area is 139 Å². The SMILES string of the molecule is O=C(O)CN1CCN(C(=O)Nc2cc(Br)ccc2Br)CC1. The lowest BCUT2D eigenvalue weighted by Crippen LogP contribution is -2.51. The first-order valence-corrected chi connectivity index (χ1v) is 7.99. The molecule has 0 radical (unpaired) electrons. The number of hydrogen-bond acceptors (Lipinski definition) is 3. The summed E-state index contributed by atoms with van der Waals surface area (Å²) < 4.78 is 1.69. The van der Waals surface area contributed by atoms with Crippen LogP contribution in [0.2, 0.25) is 0 Å². The molecule has 0 aliphatic carbocycles. The van der Waals surface area contributed by atoms with E-state index in [0.29, 0.717) is 31.9 Å². The second-order valence-electron chi connectivity index (χ2n) is 4.71. The number of carboxylic acids is 1. The molecule has 2 amide bonds. The smallest absolute Gasteiger partial charge is 0.321 e. The second kappa shape index (κ2) is 7.24. The zero-order chi connectivity index (χ0) is 15.4. The molecule has 0 saturated carbocycles. The van der Waals surface area contributed by atoms with Gasteiger partial charge in [-0.2, -0.15) is 0 Å². The Morgan fingerprint density at radius 2 is 1.86 bits per heavy atom. The number of piperazine rings is 1. The summed E-state index contributed by atoms with van der Waals surface area (Å²) in [6.07, 6.45) is 0. The van der Waals surface area contributed by atoms with E-state index in [1.54, 1.807) is 4.90 Å². The number of carbonyl (C=O) groups is 2. The Balaban J connectivity index is 1.90. The zero-order valence-corrected chi connectivity index (χ0v) is 14.4. The number of aliphatic carboxylic acids is 1. The van der Waals surface area contributed by atoms with Crippen LogP contribution >= 0.6 is 31.9 Å². The number of anilines is 1. The molecule has 2 N–H and O–H groups in total. The Hall–Kier alpha value is -1.12. The van der Waals surface area contributed by atoms with E-state index in [9.17, 15) is 9.59 Å². The molecule has 1 fully saturated rings. The van der Waals surface area contributed by atoms with Crippen molar-refractivity contribution < 1.29 is 14.7 Å². The molecular weight excluding hydrogens is 406 g/mol. The molecule has 1 aliphatic heterocycles. The topological polar surface area (TPSA) is 72.9 Å². The van der Waals surface area contributed by atoms with Crippen molar-refractivity contribution in [2.75, 3.05) is 38.0 Å². The summed E-state index contributed by atoms with van der Waals surface area (Å²) >= 11 is 6.76. The number of carbonyl (C=O) groups excluding carboxylic acids is 1. The number of nitrogens with one attached hydrogen (secondary N) is 1. The van der Waals surface area contributed by atoms with Crippen molar-refractivity contribution in [3.63, 3.8) is 0 Å². The third-order valence-electron chi connectivity index (χ3n) is 3.19. The van der Waals surface area contributed by atoms with Crippen LogP contribution in [0.1, 0.15) is 0 Å². The van der Waals surface area contributed by atoms with Crippen LogP contribution in [0, 0.1) is 0 Å². The number of urea groups is 1. The van der Waals surface area contributed by atoms with E-state index in [-0.39, 0.29) is 12.6 Å². The zero-order valence-electron chi connectivity index (χ0n) is 11.2. The molecule has 1 aliphatic rings. The molecule has 0 unspecified atom stereocenters. The molecule has 114 valence electrons. The fourth-order valence-electron chi connectivity index (χ4n) is 2.09. The number of nitrogens with zero attached hydrogens (tertiary/aromatic N) is 2. The maximum atomic E-state index is 12.2. The Bertz CT molecular complexity index is 545. The third-order valence-corrected chi connectivity index (χ3v) is 4.37. The van der Waals surface area contributed by atoms with E-state index < -0.39 is 5.97 Å². The highest BCUT2D eigenvalue weighted by molar-refractivity contribution is 9.11. The van der Waals surface area contributed by atoms with Gasteiger partial charge in [-0.1, -0.05) is 15.9 Å². The van der Waals surface area contributed by atoms with Crippen molar-refractivity contribution in [3.8, 4) is 0 Å². The summed E-state index contributed by atoms with van der Waals surface area (Å²) in [5.74, 6) is -0.842. The lowest BCUT2D eigenvalue weighted by molar-refractivity contribution is -0.138. The fraction of sp³-hybridized carbons (Fsp3) is 0.385. The minimum atomic E-state index is -0.842. The van der Waals surface area contributed by atoms with Gasteiger partial charge in [0.05, 0.1) is 12.2 Å². The number of rotatable bonds is 3. The molecular formula is C13H15Br2N3O3. The predicted octanol–water partition coefficient (Wildman–Crippen LogP) is 2.45. The van der Waals surface area contributed by atoms with Crippen molar-refractivity contribution in [3.05, 3.63) is 27.1 Å². The highest BCUT2D eigenvalue weighted by Gasteiger charge is 2.22. The molecule has 21 heavy (non-hydrogen) atoms.